The Morgan fingerprint density at radius 1 is 1.20 bits per heavy atom. The number of alkyl halides is 3. The van der Waals surface area contributed by atoms with Crippen molar-refractivity contribution < 1.29 is 30.9 Å². The zero-order valence-electron chi connectivity index (χ0n) is 16.3. The minimum Gasteiger partial charge on any atom is -0.338 e. The molecule has 30 heavy (non-hydrogen) atoms. The van der Waals surface area contributed by atoms with E-state index in [0.717, 1.165) is 22.5 Å². The van der Waals surface area contributed by atoms with Crippen molar-refractivity contribution in [2.75, 3.05) is 31.5 Å². The first-order chi connectivity index (χ1) is 14.0. The van der Waals surface area contributed by atoms with Gasteiger partial charge in [-0.15, -0.1) is 0 Å². The molecule has 0 radical (unpaired) electrons. The van der Waals surface area contributed by atoms with E-state index in [9.17, 15) is 26.4 Å². The van der Waals surface area contributed by atoms with Crippen LogP contribution in [0, 0.1) is 6.92 Å². The Bertz CT molecular complexity index is 1010. The molecular formula is C18H21F3N4O4S. The summed E-state index contributed by atoms with van der Waals surface area (Å²) in [5, 5.41) is 6.26. The van der Waals surface area contributed by atoms with Gasteiger partial charge in [0.1, 0.15) is 0 Å². The summed E-state index contributed by atoms with van der Waals surface area (Å²) in [6, 6.07) is 5.09. The van der Waals surface area contributed by atoms with Crippen molar-refractivity contribution >= 4 is 21.8 Å². The molecule has 1 fully saturated rings. The third-order valence-electron chi connectivity index (χ3n) is 4.89. The minimum absolute atomic E-state index is 0.0342. The molecule has 3 rings (SSSR count). The van der Waals surface area contributed by atoms with Crippen LogP contribution in [0.1, 0.15) is 18.2 Å². The van der Waals surface area contributed by atoms with Gasteiger partial charge in [0.05, 0.1) is 22.2 Å². The zero-order chi connectivity index (χ0) is 22.1. The number of halogens is 3. The van der Waals surface area contributed by atoms with Gasteiger partial charge in [-0.1, -0.05) is 17.3 Å². The number of hydrogen-bond acceptors (Lipinski definition) is 6. The fourth-order valence-electron chi connectivity index (χ4n) is 3.21. The summed E-state index contributed by atoms with van der Waals surface area (Å²) in [6.07, 6.45) is -4.78. The van der Waals surface area contributed by atoms with Gasteiger partial charge in [-0.05, 0) is 26.0 Å². The average Bonchev–Trinajstić information content (AvgIpc) is 3.11. The molecule has 1 amide bonds. The number of piperazine rings is 1. The van der Waals surface area contributed by atoms with Crippen molar-refractivity contribution in [2.24, 2.45) is 0 Å². The molecule has 1 aliphatic rings. The molecule has 0 saturated carbocycles. The van der Waals surface area contributed by atoms with E-state index < -0.39 is 32.7 Å². The normalized spacial score (nSPS) is 17.6. The van der Waals surface area contributed by atoms with E-state index in [-0.39, 0.29) is 38.0 Å². The number of nitrogens with one attached hydrogen (secondary N) is 1. The third-order valence-corrected chi connectivity index (χ3v) is 6.84. The van der Waals surface area contributed by atoms with Gasteiger partial charge in [-0.25, -0.2) is 8.42 Å². The smallest absolute Gasteiger partial charge is 0.338 e. The van der Waals surface area contributed by atoms with Gasteiger partial charge in [0.25, 0.3) is 0 Å². The number of anilines is 1. The van der Waals surface area contributed by atoms with Crippen molar-refractivity contribution in [2.45, 2.75) is 31.0 Å². The Balaban J connectivity index is 1.67. The highest BCUT2D eigenvalue weighted by Gasteiger charge is 2.40. The van der Waals surface area contributed by atoms with Gasteiger partial charge in [0.15, 0.2) is 0 Å². The van der Waals surface area contributed by atoms with Crippen LogP contribution in [0.15, 0.2) is 39.8 Å². The second kappa shape index (κ2) is 8.36. The largest absolute Gasteiger partial charge is 0.417 e. The van der Waals surface area contributed by atoms with Crippen LogP contribution in [0.5, 0.6) is 0 Å². The molecule has 1 atom stereocenters. The Labute approximate surface area is 171 Å². The highest BCUT2D eigenvalue weighted by atomic mass is 32.2. The number of hydrogen-bond donors (Lipinski definition) is 1. The number of carbonyl (C=O) groups excluding carboxylic acids is 1. The van der Waals surface area contributed by atoms with Crippen LogP contribution >= 0.6 is 0 Å². The standard InChI is InChI=1S/C18H21F3N4O4S/c1-12-11-16(29-23-12)22-17(26)13(2)24-7-9-25(10-8-24)30(27,28)15-6-4-3-5-14(15)18(19,20)21/h3-6,11,13H,7-10H2,1-2H3,(H,22,26). The molecule has 1 N–H and O–H groups in total. The molecule has 0 bridgehead atoms. The van der Waals surface area contributed by atoms with Gasteiger partial charge >= 0.3 is 6.18 Å². The molecule has 1 saturated heterocycles. The van der Waals surface area contributed by atoms with E-state index in [1.54, 1.807) is 24.8 Å². The average molecular weight is 446 g/mol. The summed E-state index contributed by atoms with van der Waals surface area (Å²) in [5.74, 6) is -0.154. The van der Waals surface area contributed by atoms with Crippen molar-refractivity contribution in [3.8, 4) is 0 Å². The maximum atomic E-state index is 13.2. The quantitative estimate of drug-likeness (QED) is 0.758. The van der Waals surface area contributed by atoms with Crippen molar-refractivity contribution in [3.05, 3.63) is 41.6 Å². The Morgan fingerprint density at radius 2 is 1.83 bits per heavy atom. The van der Waals surface area contributed by atoms with E-state index >= 15 is 0 Å². The number of sulfonamides is 1. The van der Waals surface area contributed by atoms with E-state index in [2.05, 4.69) is 10.5 Å². The summed E-state index contributed by atoms with van der Waals surface area (Å²) in [4.78, 5) is 13.4. The number of benzene rings is 1. The van der Waals surface area contributed by atoms with Crippen LogP contribution in [-0.4, -0.2) is 60.9 Å². The third kappa shape index (κ3) is 4.65. The molecule has 1 aliphatic heterocycles. The van der Waals surface area contributed by atoms with E-state index in [0.29, 0.717) is 5.69 Å². The predicted octanol–water partition coefficient (Wildman–Crippen LogP) is 2.34. The Morgan fingerprint density at radius 3 is 2.40 bits per heavy atom. The van der Waals surface area contributed by atoms with Crippen molar-refractivity contribution in [1.82, 2.24) is 14.4 Å². The van der Waals surface area contributed by atoms with Crippen LogP contribution in [0.4, 0.5) is 19.1 Å². The predicted molar refractivity (Wildman–Crippen MR) is 101 cm³/mol. The summed E-state index contributed by atoms with van der Waals surface area (Å²) >= 11 is 0. The van der Waals surface area contributed by atoms with Crippen molar-refractivity contribution in [3.63, 3.8) is 0 Å². The number of aryl methyl sites for hydroxylation is 1. The highest BCUT2D eigenvalue weighted by Crippen LogP contribution is 2.35. The lowest BCUT2D eigenvalue weighted by Gasteiger charge is -2.36. The first-order valence-electron chi connectivity index (χ1n) is 9.15. The van der Waals surface area contributed by atoms with E-state index in [1.807, 2.05) is 0 Å². The van der Waals surface area contributed by atoms with E-state index in [1.165, 1.54) is 6.07 Å². The Kier molecular flexibility index (Phi) is 6.20. The minimum atomic E-state index is -4.78. The zero-order valence-corrected chi connectivity index (χ0v) is 17.1. The van der Waals surface area contributed by atoms with Crippen LogP contribution in [0.25, 0.3) is 0 Å². The molecular weight excluding hydrogens is 425 g/mol. The summed E-state index contributed by atoms with van der Waals surface area (Å²) in [6.45, 7) is 3.68. The molecule has 1 unspecified atom stereocenters. The topological polar surface area (TPSA) is 95.8 Å². The van der Waals surface area contributed by atoms with Gasteiger partial charge in [0, 0.05) is 32.2 Å². The monoisotopic (exact) mass is 446 g/mol. The van der Waals surface area contributed by atoms with E-state index in [4.69, 9.17) is 4.52 Å². The van der Waals surface area contributed by atoms with Crippen molar-refractivity contribution in [1.29, 1.82) is 0 Å². The lowest BCUT2D eigenvalue weighted by atomic mass is 10.2. The Hall–Kier alpha value is -2.44. The van der Waals surface area contributed by atoms with Gasteiger partial charge in [-0.3, -0.25) is 15.0 Å². The molecule has 8 nitrogen and oxygen atoms in total. The molecule has 0 spiro atoms. The molecule has 2 aromatic rings. The van der Waals surface area contributed by atoms with Crippen LogP contribution < -0.4 is 5.32 Å². The fraction of sp³-hybridized carbons (Fsp3) is 0.444. The number of aromatic nitrogens is 1. The second-order valence-electron chi connectivity index (χ2n) is 6.93. The van der Waals surface area contributed by atoms with Gasteiger partial charge in [0.2, 0.25) is 21.8 Å². The first kappa shape index (κ1) is 22.2. The summed E-state index contributed by atoms with van der Waals surface area (Å²) in [5.41, 5.74) is -0.585. The lowest BCUT2D eigenvalue weighted by Crippen LogP contribution is -2.54. The number of carbonyl (C=O) groups is 1. The summed E-state index contributed by atoms with van der Waals surface area (Å²) in [7, 11) is -4.33. The molecule has 164 valence electrons. The fourth-order valence-corrected chi connectivity index (χ4v) is 4.84. The SMILES string of the molecule is Cc1cc(NC(=O)C(C)N2CCN(S(=O)(=O)c3ccccc3C(F)(F)F)CC2)on1. The second-order valence-corrected chi connectivity index (χ2v) is 8.84. The summed E-state index contributed by atoms with van der Waals surface area (Å²) < 4.78 is 71.3. The van der Waals surface area contributed by atoms with Crippen LogP contribution in [-0.2, 0) is 21.0 Å². The molecule has 1 aromatic carbocycles. The first-order valence-corrected chi connectivity index (χ1v) is 10.6. The molecule has 12 heteroatoms. The van der Waals surface area contributed by atoms with Gasteiger partial charge in [-0.2, -0.15) is 17.5 Å². The molecule has 2 heterocycles. The number of amides is 1. The van der Waals surface area contributed by atoms with Gasteiger partial charge < -0.3 is 4.52 Å². The molecule has 0 aliphatic carbocycles. The highest BCUT2D eigenvalue weighted by molar-refractivity contribution is 7.89. The number of nitrogens with zero attached hydrogens (tertiary/aromatic N) is 3. The van der Waals surface area contributed by atoms with Crippen LogP contribution in [0.3, 0.4) is 0 Å². The molecule has 1 aromatic heterocycles. The number of rotatable bonds is 5. The van der Waals surface area contributed by atoms with Crippen LogP contribution in [0.2, 0.25) is 0 Å². The lowest BCUT2D eigenvalue weighted by molar-refractivity contribution is -0.140. The maximum absolute atomic E-state index is 13.2. The maximum Gasteiger partial charge on any atom is 0.417 e.